The predicted molar refractivity (Wildman–Crippen MR) is 100 cm³/mol. The maximum absolute atomic E-state index is 12.2. The molecule has 26 heavy (non-hydrogen) atoms. The van der Waals surface area contributed by atoms with E-state index in [0.717, 1.165) is 12.8 Å². The molecule has 1 aliphatic carbocycles. The Kier molecular flexibility index (Phi) is 6.51. The van der Waals surface area contributed by atoms with E-state index in [1.54, 1.807) is 29.2 Å². The molecule has 2 fully saturated rings. The van der Waals surface area contributed by atoms with Gasteiger partial charge in [0, 0.05) is 19.1 Å². The molecule has 0 bridgehead atoms. The highest BCUT2D eigenvalue weighted by Crippen LogP contribution is 2.21. The summed E-state index contributed by atoms with van der Waals surface area (Å²) in [6.45, 7) is 2.34. The van der Waals surface area contributed by atoms with Crippen LogP contribution in [0, 0.1) is 0 Å². The highest BCUT2D eigenvalue weighted by Gasteiger charge is 2.25. The van der Waals surface area contributed by atoms with E-state index < -0.39 is 0 Å². The SMILES string of the molecule is O=C(CSCC(=O)N1CCOCC1)Nc1ccccc1C(=O)NC1CC1. The minimum atomic E-state index is -0.226. The van der Waals surface area contributed by atoms with Crippen LogP contribution in [0.2, 0.25) is 0 Å². The van der Waals surface area contributed by atoms with Gasteiger partial charge in [0.2, 0.25) is 11.8 Å². The zero-order valence-electron chi connectivity index (χ0n) is 14.5. The summed E-state index contributed by atoms with van der Waals surface area (Å²) in [4.78, 5) is 38.2. The number of nitrogens with zero attached hydrogens (tertiary/aromatic N) is 1. The first-order valence-electron chi connectivity index (χ1n) is 8.76. The van der Waals surface area contributed by atoms with Crippen LogP contribution in [0.5, 0.6) is 0 Å². The van der Waals surface area contributed by atoms with Crippen molar-refractivity contribution in [1.29, 1.82) is 0 Å². The van der Waals surface area contributed by atoms with Gasteiger partial charge in [-0.15, -0.1) is 11.8 Å². The van der Waals surface area contributed by atoms with Gasteiger partial charge in [0.25, 0.3) is 5.91 Å². The van der Waals surface area contributed by atoms with Crippen LogP contribution in [0.1, 0.15) is 23.2 Å². The zero-order chi connectivity index (χ0) is 18.4. The molecular weight excluding hydrogens is 354 g/mol. The molecule has 0 spiro atoms. The summed E-state index contributed by atoms with van der Waals surface area (Å²) in [5.74, 6) is 0.0524. The Morgan fingerprint density at radius 3 is 2.58 bits per heavy atom. The summed E-state index contributed by atoms with van der Waals surface area (Å²) in [6, 6.07) is 7.21. The fraction of sp³-hybridized carbons (Fsp3) is 0.500. The molecule has 0 atom stereocenters. The van der Waals surface area contributed by atoms with Gasteiger partial charge in [-0.1, -0.05) is 12.1 Å². The minimum absolute atomic E-state index is 0.0234. The van der Waals surface area contributed by atoms with Crippen molar-refractivity contribution in [2.75, 3.05) is 43.1 Å². The van der Waals surface area contributed by atoms with Crippen molar-refractivity contribution < 1.29 is 19.1 Å². The highest BCUT2D eigenvalue weighted by atomic mass is 32.2. The third-order valence-corrected chi connectivity index (χ3v) is 5.10. The number of nitrogens with one attached hydrogen (secondary N) is 2. The molecule has 3 rings (SSSR count). The number of hydrogen-bond donors (Lipinski definition) is 2. The Bertz CT molecular complexity index is 672. The number of amides is 3. The second-order valence-electron chi connectivity index (χ2n) is 6.33. The van der Waals surface area contributed by atoms with Gasteiger partial charge in [0.05, 0.1) is 36.0 Å². The van der Waals surface area contributed by atoms with Crippen molar-refractivity contribution in [2.45, 2.75) is 18.9 Å². The van der Waals surface area contributed by atoms with E-state index in [1.807, 2.05) is 0 Å². The quantitative estimate of drug-likeness (QED) is 0.743. The van der Waals surface area contributed by atoms with Crippen LogP contribution in [0.4, 0.5) is 5.69 Å². The summed E-state index contributed by atoms with van der Waals surface area (Å²) in [6.07, 6.45) is 2.02. The number of anilines is 1. The van der Waals surface area contributed by atoms with E-state index in [2.05, 4.69) is 10.6 Å². The van der Waals surface area contributed by atoms with Crippen molar-refractivity contribution in [2.24, 2.45) is 0 Å². The molecule has 140 valence electrons. The van der Waals surface area contributed by atoms with Crippen LogP contribution >= 0.6 is 11.8 Å². The van der Waals surface area contributed by atoms with Gasteiger partial charge < -0.3 is 20.3 Å². The molecule has 1 saturated carbocycles. The van der Waals surface area contributed by atoms with Gasteiger partial charge in [0.1, 0.15) is 0 Å². The van der Waals surface area contributed by atoms with E-state index in [-0.39, 0.29) is 35.3 Å². The van der Waals surface area contributed by atoms with Crippen LogP contribution in [0.3, 0.4) is 0 Å². The number of carbonyl (C=O) groups is 3. The minimum Gasteiger partial charge on any atom is -0.378 e. The third kappa shape index (κ3) is 5.47. The van der Waals surface area contributed by atoms with Gasteiger partial charge in [-0.05, 0) is 25.0 Å². The summed E-state index contributed by atoms with van der Waals surface area (Å²) < 4.78 is 5.22. The molecule has 0 unspecified atom stereocenters. The van der Waals surface area contributed by atoms with Gasteiger partial charge in [-0.2, -0.15) is 0 Å². The molecule has 0 aromatic heterocycles. The standard InChI is InChI=1S/C18H23N3O4S/c22-16(11-26-12-17(23)21-7-9-25-10-8-21)20-15-4-2-1-3-14(15)18(24)19-13-5-6-13/h1-4,13H,5-12H2,(H,19,24)(H,20,22). The molecule has 1 heterocycles. The van der Waals surface area contributed by atoms with Crippen molar-refractivity contribution in [3.05, 3.63) is 29.8 Å². The van der Waals surface area contributed by atoms with Crippen LogP contribution < -0.4 is 10.6 Å². The lowest BCUT2D eigenvalue weighted by atomic mass is 10.1. The zero-order valence-corrected chi connectivity index (χ0v) is 15.3. The number of rotatable bonds is 7. The van der Waals surface area contributed by atoms with E-state index in [0.29, 0.717) is 37.6 Å². The van der Waals surface area contributed by atoms with Crippen molar-refractivity contribution >= 4 is 35.2 Å². The molecule has 1 aromatic rings. The lowest BCUT2D eigenvalue weighted by molar-refractivity contribution is -0.132. The number of para-hydroxylation sites is 1. The first-order chi connectivity index (χ1) is 12.6. The average Bonchev–Trinajstić information content (AvgIpc) is 3.46. The molecule has 1 saturated heterocycles. The first-order valence-corrected chi connectivity index (χ1v) is 9.92. The molecule has 7 nitrogen and oxygen atoms in total. The van der Waals surface area contributed by atoms with Crippen molar-refractivity contribution in [1.82, 2.24) is 10.2 Å². The Hall–Kier alpha value is -2.06. The molecule has 0 radical (unpaired) electrons. The smallest absolute Gasteiger partial charge is 0.253 e. The average molecular weight is 377 g/mol. The maximum Gasteiger partial charge on any atom is 0.253 e. The van der Waals surface area contributed by atoms with Crippen molar-refractivity contribution in [3.63, 3.8) is 0 Å². The summed E-state index contributed by atoms with van der Waals surface area (Å²) in [7, 11) is 0. The topological polar surface area (TPSA) is 87.7 Å². The van der Waals surface area contributed by atoms with E-state index in [1.165, 1.54) is 11.8 Å². The van der Waals surface area contributed by atoms with Gasteiger partial charge >= 0.3 is 0 Å². The second kappa shape index (κ2) is 9.05. The predicted octanol–water partition coefficient (Wildman–Crippen LogP) is 1.11. The molecule has 8 heteroatoms. The summed E-state index contributed by atoms with van der Waals surface area (Å²) in [5.41, 5.74) is 0.956. The fourth-order valence-electron chi connectivity index (χ4n) is 2.60. The number of carbonyl (C=O) groups excluding carboxylic acids is 3. The van der Waals surface area contributed by atoms with Crippen LogP contribution in [-0.4, -0.2) is 66.5 Å². The first kappa shape index (κ1) is 18.7. The van der Waals surface area contributed by atoms with Crippen molar-refractivity contribution in [3.8, 4) is 0 Å². The van der Waals surface area contributed by atoms with Crippen LogP contribution in [-0.2, 0) is 14.3 Å². The normalized spacial score (nSPS) is 16.8. The highest BCUT2D eigenvalue weighted by molar-refractivity contribution is 8.00. The Morgan fingerprint density at radius 2 is 1.85 bits per heavy atom. The Morgan fingerprint density at radius 1 is 1.12 bits per heavy atom. The Balaban J connectivity index is 1.45. The molecule has 1 aliphatic heterocycles. The van der Waals surface area contributed by atoms with E-state index >= 15 is 0 Å². The molecule has 1 aromatic carbocycles. The number of hydrogen-bond acceptors (Lipinski definition) is 5. The fourth-order valence-corrected chi connectivity index (χ4v) is 3.32. The monoisotopic (exact) mass is 377 g/mol. The Labute approximate surface area is 156 Å². The molecular formula is C18H23N3O4S. The molecule has 3 amide bonds. The second-order valence-corrected chi connectivity index (χ2v) is 7.31. The van der Waals surface area contributed by atoms with Gasteiger partial charge in [-0.25, -0.2) is 0 Å². The van der Waals surface area contributed by atoms with E-state index in [4.69, 9.17) is 4.74 Å². The van der Waals surface area contributed by atoms with Crippen LogP contribution in [0.25, 0.3) is 0 Å². The van der Waals surface area contributed by atoms with Crippen LogP contribution in [0.15, 0.2) is 24.3 Å². The van der Waals surface area contributed by atoms with Gasteiger partial charge in [0.15, 0.2) is 0 Å². The number of morpholine rings is 1. The molecule has 2 aliphatic rings. The largest absolute Gasteiger partial charge is 0.378 e. The lowest BCUT2D eigenvalue weighted by Gasteiger charge is -2.26. The van der Waals surface area contributed by atoms with Gasteiger partial charge in [-0.3, -0.25) is 14.4 Å². The maximum atomic E-state index is 12.2. The number of benzene rings is 1. The van der Waals surface area contributed by atoms with E-state index in [9.17, 15) is 14.4 Å². The lowest BCUT2D eigenvalue weighted by Crippen LogP contribution is -2.41. The third-order valence-electron chi connectivity index (χ3n) is 4.18. The number of thioether (sulfide) groups is 1. The summed E-state index contributed by atoms with van der Waals surface area (Å²) in [5, 5.41) is 5.70. The summed E-state index contributed by atoms with van der Waals surface area (Å²) >= 11 is 1.27. The molecule has 2 N–H and O–H groups in total. The number of ether oxygens (including phenoxy) is 1.